The van der Waals surface area contributed by atoms with Gasteiger partial charge in [-0.3, -0.25) is 14.9 Å². The maximum Gasteiger partial charge on any atom is 0.342 e. The minimum absolute atomic E-state index is 0.0739. The molecule has 2 amide bonds. The lowest BCUT2D eigenvalue weighted by Crippen LogP contribution is -2.20. The van der Waals surface area contributed by atoms with Crippen LogP contribution in [0.3, 0.4) is 0 Å². The van der Waals surface area contributed by atoms with E-state index in [-0.39, 0.29) is 41.7 Å². The van der Waals surface area contributed by atoms with Gasteiger partial charge in [0.1, 0.15) is 16.9 Å². The van der Waals surface area contributed by atoms with E-state index < -0.39 is 11.9 Å². The van der Waals surface area contributed by atoms with Gasteiger partial charge in [-0.05, 0) is 44.9 Å². The van der Waals surface area contributed by atoms with Crippen molar-refractivity contribution in [2.75, 3.05) is 17.7 Å². The molecule has 0 saturated carbocycles. The van der Waals surface area contributed by atoms with Gasteiger partial charge in [0.25, 0.3) is 5.91 Å². The molecule has 168 valence electrons. The summed E-state index contributed by atoms with van der Waals surface area (Å²) >= 11 is 1.46. The molecule has 0 unspecified atom stereocenters. The summed E-state index contributed by atoms with van der Waals surface area (Å²) in [4.78, 5) is 41.2. The van der Waals surface area contributed by atoms with Crippen molar-refractivity contribution in [1.82, 2.24) is 4.98 Å². The number of anilines is 1. The number of carbonyl (C=O) groups is 3. The molecule has 3 aromatic rings. The van der Waals surface area contributed by atoms with E-state index in [0.29, 0.717) is 5.75 Å². The number of nitrogens with two attached hydrogens (primary N) is 1. The maximum absolute atomic E-state index is 12.5. The van der Waals surface area contributed by atoms with Gasteiger partial charge in [0, 0.05) is 17.6 Å². The fourth-order valence-electron chi connectivity index (χ4n) is 3.36. The van der Waals surface area contributed by atoms with Crippen molar-refractivity contribution in [2.24, 2.45) is 5.73 Å². The highest BCUT2D eigenvalue weighted by molar-refractivity contribution is 7.99. The number of para-hydroxylation sites is 1. The number of thioether (sulfide) groups is 1. The van der Waals surface area contributed by atoms with Gasteiger partial charge in [-0.25, -0.2) is 9.78 Å². The van der Waals surface area contributed by atoms with E-state index in [0.717, 1.165) is 27.1 Å². The molecule has 0 aliphatic rings. The first-order valence-corrected chi connectivity index (χ1v) is 11.1. The predicted molar refractivity (Wildman–Crippen MR) is 123 cm³/mol. The molecular formula is C23H25N3O5S. The maximum atomic E-state index is 12.5. The Morgan fingerprint density at radius 2 is 1.91 bits per heavy atom. The van der Waals surface area contributed by atoms with E-state index in [1.165, 1.54) is 18.7 Å². The highest BCUT2D eigenvalue weighted by Gasteiger charge is 2.29. The summed E-state index contributed by atoms with van der Waals surface area (Å²) < 4.78 is 10.4. The summed E-state index contributed by atoms with van der Waals surface area (Å²) in [5, 5.41) is 4.47. The number of aromatic nitrogens is 1. The third kappa shape index (κ3) is 4.94. The molecule has 0 saturated heterocycles. The highest BCUT2D eigenvalue weighted by atomic mass is 32.2. The average Bonchev–Trinajstić information content (AvgIpc) is 3.05. The summed E-state index contributed by atoms with van der Waals surface area (Å²) in [5.41, 5.74) is 8.31. The van der Waals surface area contributed by atoms with Crippen LogP contribution in [0.4, 0.5) is 5.88 Å². The van der Waals surface area contributed by atoms with E-state index >= 15 is 0 Å². The number of carbonyl (C=O) groups excluding carboxylic acids is 3. The molecule has 2 aromatic heterocycles. The van der Waals surface area contributed by atoms with Gasteiger partial charge >= 0.3 is 5.97 Å². The number of hydrogen-bond donors (Lipinski definition) is 2. The van der Waals surface area contributed by atoms with Crippen molar-refractivity contribution >= 4 is 46.3 Å². The van der Waals surface area contributed by atoms with Crippen LogP contribution in [0.15, 0.2) is 33.7 Å². The van der Waals surface area contributed by atoms with E-state index in [1.54, 1.807) is 6.92 Å². The van der Waals surface area contributed by atoms with Crippen LogP contribution in [0.1, 0.15) is 50.9 Å². The van der Waals surface area contributed by atoms with Crippen molar-refractivity contribution < 1.29 is 23.5 Å². The Morgan fingerprint density at radius 3 is 2.59 bits per heavy atom. The van der Waals surface area contributed by atoms with Crippen LogP contribution in [-0.4, -0.2) is 35.1 Å². The highest BCUT2D eigenvalue weighted by Crippen LogP contribution is 2.29. The number of rotatable bonds is 8. The lowest BCUT2D eigenvalue weighted by Gasteiger charge is -2.08. The lowest BCUT2D eigenvalue weighted by molar-refractivity contribution is -0.115. The summed E-state index contributed by atoms with van der Waals surface area (Å²) in [6, 6.07) is 8.06. The zero-order valence-corrected chi connectivity index (χ0v) is 19.2. The molecular weight excluding hydrogens is 430 g/mol. The van der Waals surface area contributed by atoms with Crippen molar-refractivity contribution in [2.45, 2.75) is 39.1 Å². The summed E-state index contributed by atoms with van der Waals surface area (Å²) in [6.07, 6.45) is 0.143. The van der Waals surface area contributed by atoms with Crippen LogP contribution in [0, 0.1) is 20.8 Å². The number of benzene rings is 1. The summed E-state index contributed by atoms with van der Waals surface area (Å²) in [6.45, 7) is 7.32. The summed E-state index contributed by atoms with van der Waals surface area (Å²) in [5.74, 6) is -1.53. The zero-order valence-electron chi connectivity index (χ0n) is 18.4. The zero-order chi connectivity index (χ0) is 23.4. The molecule has 3 rings (SSSR count). The number of nitrogens with zero attached hydrogens (tertiary/aromatic N) is 1. The predicted octanol–water partition coefficient (Wildman–Crippen LogP) is 4.15. The van der Waals surface area contributed by atoms with Crippen LogP contribution in [0.25, 0.3) is 10.9 Å². The summed E-state index contributed by atoms with van der Waals surface area (Å²) in [7, 11) is 0. The number of pyridine rings is 1. The molecule has 0 atom stereocenters. The Hall–Kier alpha value is -3.33. The minimum Gasteiger partial charge on any atom is -0.462 e. The molecule has 3 N–H and O–H groups in total. The van der Waals surface area contributed by atoms with Gasteiger partial charge in [-0.15, -0.1) is 11.8 Å². The molecule has 2 heterocycles. The number of furan rings is 1. The van der Waals surface area contributed by atoms with Gasteiger partial charge in [-0.2, -0.15) is 0 Å². The average molecular weight is 456 g/mol. The fourth-order valence-corrected chi connectivity index (χ4v) is 4.27. The van der Waals surface area contributed by atoms with E-state index in [2.05, 4.69) is 5.32 Å². The first kappa shape index (κ1) is 23.3. The van der Waals surface area contributed by atoms with Crippen LogP contribution >= 0.6 is 11.8 Å². The van der Waals surface area contributed by atoms with Gasteiger partial charge in [0.2, 0.25) is 11.8 Å². The quantitative estimate of drug-likeness (QED) is 0.386. The second kappa shape index (κ2) is 9.86. The topological polar surface area (TPSA) is 125 Å². The van der Waals surface area contributed by atoms with Gasteiger partial charge in [0.15, 0.2) is 0 Å². The number of ether oxygens (including phenoxy) is 1. The normalized spacial score (nSPS) is 10.9. The SMILES string of the molecule is CCOC(=O)c1c(C)oc(NC(=O)CCSc2cc(C)c3cccc(C)c3n2)c1C(N)=O. The number of primary amides is 1. The number of fused-ring (bicyclic) bond motifs is 1. The van der Waals surface area contributed by atoms with Crippen molar-refractivity contribution in [3.63, 3.8) is 0 Å². The molecule has 0 fully saturated rings. The first-order valence-electron chi connectivity index (χ1n) is 10.1. The fraction of sp³-hybridized carbons (Fsp3) is 0.304. The van der Waals surface area contributed by atoms with E-state index in [4.69, 9.17) is 19.9 Å². The molecule has 8 nitrogen and oxygen atoms in total. The molecule has 1 aromatic carbocycles. The molecule has 0 radical (unpaired) electrons. The number of esters is 1. The third-order valence-corrected chi connectivity index (χ3v) is 5.78. The third-order valence-electron chi connectivity index (χ3n) is 4.87. The smallest absolute Gasteiger partial charge is 0.342 e. The molecule has 0 spiro atoms. The molecule has 0 aliphatic heterocycles. The Kier molecular flexibility index (Phi) is 7.19. The van der Waals surface area contributed by atoms with E-state index in [1.807, 2.05) is 38.1 Å². The largest absolute Gasteiger partial charge is 0.462 e. The number of aryl methyl sites for hydroxylation is 3. The molecule has 32 heavy (non-hydrogen) atoms. The van der Waals surface area contributed by atoms with Crippen LogP contribution in [0.2, 0.25) is 0 Å². The van der Waals surface area contributed by atoms with Crippen molar-refractivity contribution in [1.29, 1.82) is 0 Å². The van der Waals surface area contributed by atoms with Gasteiger partial charge < -0.3 is 14.9 Å². The Bertz CT molecular complexity index is 1200. The number of hydrogen-bond acceptors (Lipinski definition) is 7. The molecule has 0 aliphatic carbocycles. The second-order valence-electron chi connectivity index (χ2n) is 7.22. The van der Waals surface area contributed by atoms with Crippen LogP contribution in [-0.2, 0) is 9.53 Å². The van der Waals surface area contributed by atoms with Crippen molar-refractivity contribution in [3.05, 3.63) is 52.3 Å². The first-order chi connectivity index (χ1) is 15.2. The van der Waals surface area contributed by atoms with Gasteiger partial charge in [-0.1, -0.05) is 18.2 Å². The van der Waals surface area contributed by atoms with Gasteiger partial charge in [0.05, 0.1) is 17.1 Å². The van der Waals surface area contributed by atoms with Crippen molar-refractivity contribution in [3.8, 4) is 0 Å². The Labute approximate surface area is 189 Å². The van der Waals surface area contributed by atoms with Crippen LogP contribution in [0.5, 0.6) is 0 Å². The number of amides is 2. The Morgan fingerprint density at radius 1 is 1.16 bits per heavy atom. The van der Waals surface area contributed by atoms with E-state index in [9.17, 15) is 14.4 Å². The number of nitrogens with one attached hydrogen (secondary N) is 1. The second-order valence-corrected chi connectivity index (χ2v) is 8.33. The molecule has 9 heteroatoms. The van der Waals surface area contributed by atoms with Crippen LogP contribution < -0.4 is 11.1 Å². The standard InChI is InChI=1S/C23H25N3O5S/c1-5-30-23(29)18-14(4)31-22(19(18)21(24)28)25-16(27)9-10-32-17-11-13(3)15-8-6-7-12(2)20(15)26-17/h6-8,11H,5,9-10H2,1-4H3,(H2,24,28)(H,25,27). The monoisotopic (exact) mass is 455 g/mol. The minimum atomic E-state index is -0.888. The Balaban J connectivity index is 1.69. The lowest BCUT2D eigenvalue weighted by atomic mass is 10.1. The molecule has 0 bridgehead atoms.